The number of benzene rings is 2. The molecule has 1 aliphatic heterocycles. The lowest BCUT2D eigenvalue weighted by Gasteiger charge is -2.28. The molecule has 0 aliphatic carbocycles. The van der Waals surface area contributed by atoms with E-state index in [0.717, 1.165) is 50.0 Å². The van der Waals surface area contributed by atoms with E-state index in [0.29, 0.717) is 17.4 Å². The lowest BCUT2D eigenvalue weighted by molar-refractivity contribution is -0.729. The molecule has 162 valence electrons. The van der Waals surface area contributed by atoms with Crippen LogP contribution in [0.4, 0.5) is 5.69 Å². The van der Waals surface area contributed by atoms with Crippen molar-refractivity contribution in [2.45, 2.75) is 50.5 Å². The van der Waals surface area contributed by atoms with Gasteiger partial charge in [0.1, 0.15) is 0 Å². The van der Waals surface area contributed by atoms with Crippen LogP contribution in [0.5, 0.6) is 0 Å². The van der Waals surface area contributed by atoms with Gasteiger partial charge in [-0.3, -0.25) is 4.90 Å². The number of rotatable bonds is 9. The van der Waals surface area contributed by atoms with Crippen LogP contribution in [-0.2, 0) is 23.0 Å². The summed E-state index contributed by atoms with van der Waals surface area (Å²) in [6.07, 6.45) is 2.52. The number of hydrogen-bond acceptors (Lipinski definition) is 4. The van der Waals surface area contributed by atoms with Gasteiger partial charge in [-0.25, -0.2) is 18.3 Å². The largest absolute Gasteiger partial charge is 0.316 e. The quantitative estimate of drug-likeness (QED) is 0.466. The molecule has 0 atom stereocenters. The van der Waals surface area contributed by atoms with Crippen molar-refractivity contribution in [2.24, 2.45) is 0 Å². The Morgan fingerprint density at radius 2 is 1.83 bits per heavy atom. The zero-order valence-electron chi connectivity index (χ0n) is 17.5. The molecule has 0 radical (unpaired) electrons. The van der Waals surface area contributed by atoms with Crippen molar-refractivity contribution in [1.82, 2.24) is 9.62 Å². The van der Waals surface area contributed by atoms with Gasteiger partial charge in [-0.15, -0.1) is 0 Å². The summed E-state index contributed by atoms with van der Waals surface area (Å²) >= 11 is 0. The lowest BCUT2D eigenvalue weighted by atomic mass is 9.99. The van der Waals surface area contributed by atoms with Crippen LogP contribution in [0.15, 0.2) is 47.4 Å². The minimum Gasteiger partial charge on any atom is -0.299 e. The average molecular weight is 433 g/mol. The molecule has 0 aromatic heterocycles. The van der Waals surface area contributed by atoms with E-state index >= 15 is 0 Å². The van der Waals surface area contributed by atoms with Gasteiger partial charge < -0.3 is 0 Å². The molecule has 0 spiro atoms. The minimum absolute atomic E-state index is 0.109. The molecule has 2 N–H and O–H groups in total. The molecule has 1 heterocycles. The summed E-state index contributed by atoms with van der Waals surface area (Å²) < 4.78 is 27.5. The molecular formula is C22H30N3O4S+. The van der Waals surface area contributed by atoms with Gasteiger partial charge >= 0.3 is 5.69 Å². The number of unbranched alkanes of at least 4 members (excludes halogenated alkanes) is 1. The van der Waals surface area contributed by atoms with Crippen LogP contribution in [0.25, 0.3) is 0 Å². The Bertz CT molecular complexity index is 988. The van der Waals surface area contributed by atoms with Crippen molar-refractivity contribution in [2.75, 3.05) is 19.6 Å². The molecule has 7 nitrogen and oxygen atoms in total. The van der Waals surface area contributed by atoms with Crippen LogP contribution in [0, 0.1) is 4.91 Å². The van der Waals surface area contributed by atoms with Crippen molar-refractivity contribution >= 4 is 15.7 Å². The van der Waals surface area contributed by atoms with Crippen molar-refractivity contribution < 1.29 is 18.5 Å². The van der Waals surface area contributed by atoms with E-state index in [1.165, 1.54) is 5.56 Å². The zero-order valence-corrected chi connectivity index (χ0v) is 18.4. The smallest absolute Gasteiger partial charge is 0.299 e. The Balaban J connectivity index is 1.44. The molecule has 0 saturated heterocycles. The fourth-order valence-corrected chi connectivity index (χ4v) is 4.77. The zero-order chi connectivity index (χ0) is 21.7. The van der Waals surface area contributed by atoms with E-state index in [1.807, 2.05) is 18.2 Å². The Morgan fingerprint density at radius 3 is 2.50 bits per heavy atom. The van der Waals surface area contributed by atoms with Gasteiger partial charge in [-0.2, -0.15) is 0 Å². The summed E-state index contributed by atoms with van der Waals surface area (Å²) in [5, 5.41) is 9.09. The molecule has 30 heavy (non-hydrogen) atoms. The third kappa shape index (κ3) is 5.65. The second-order valence-electron chi connectivity index (χ2n) is 8.08. The molecule has 3 rings (SSSR count). The second-order valence-corrected chi connectivity index (χ2v) is 9.85. The van der Waals surface area contributed by atoms with Crippen LogP contribution >= 0.6 is 0 Å². The summed E-state index contributed by atoms with van der Waals surface area (Å²) in [6.45, 7) is 7.07. The van der Waals surface area contributed by atoms with E-state index in [4.69, 9.17) is 5.21 Å². The van der Waals surface area contributed by atoms with Crippen LogP contribution in [0.1, 0.15) is 49.3 Å². The van der Waals surface area contributed by atoms with Gasteiger partial charge in [0.2, 0.25) is 10.0 Å². The third-order valence-electron chi connectivity index (χ3n) is 5.55. The molecule has 8 heteroatoms. The Morgan fingerprint density at radius 1 is 1.10 bits per heavy atom. The van der Waals surface area contributed by atoms with E-state index in [9.17, 15) is 13.3 Å². The van der Waals surface area contributed by atoms with Crippen LogP contribution in [0.2, 0.25) is 0 Å². The highest BCUT2D eigenvalue weighted by Gasteiger charge is 2.20. The Labute approximate surface area is 178 Å². The molecule has 0 bridgehead atoms. The van der Waals surface area contributed by atoms with Crippen LogP contribution < -0.4 is 4.72 Å². The van der Waals surface area contributed by atoms with Gasteiger partial charge in [0.25, 0.3) is 4.92 Å². The highest BCUT2D eigenvalue weighted by molar-refractivity contribution is 7.89. The summed E-state index contributed by atoms with van der Waals surface area (Å²) in [5.74, 6) is 0.367. The highest BCUT2D eigenvalue weighted by Crippen LogP contribution is 2.23. The summed E-state index contributed by atoms with van der Waals surface area (Å²) in [6, 6.07) is 12.3. The maximum Gasteiger partial charge on any atom is 0.316 e. The van der Waals surface area contributed by atoms with Crippen LogP contribution in [0.3, 0.4) is 0 Å². The van der Waals surface area contributed by atoms with Crippen molar-refractivity contribution in [1.29, 1.82) is 0 Å². The standard InChI is InChI=1S/C22H30N3O4S/c1-17(2)18-6-9-22(10-7-18)30(28,29)23-12-3-4-13-24-14-11-19-5-8-21(25(26)27)15-20(19)16-24/h5-10,15,17,23H,3-4,11-14,16H2,1-2H3,(H,26,27)/q+1. The van der Waals surface area contributed by atoms with E-state index < -0.39 is 10.0 Å². The topological polar surface area (TPSA) is 89.7 Å². The number of nitrogens with zero attached hydrogens (tertiary/aromatic N) is 2. The molecule has 2 aromatic carbocycles. The lowest BCUT2D eigenvalue weighted by Crippen LogP contribution is -2.32. The maximum atomic E-state index is 12.4. The van der Waals surface area contributed by atoms with Gasteiger partial charge in [-0.1, -0.05) is 32.0 Å². The SMILES string of the molecule is CC(C)c1ccc(S(=O)(=O)NCCCCN2CCc3ccc([N+](=O)O)cc3C2)cc1. The maximum absolute atomic E-state index is 12.4. The normalized spacial score (nSPS) is 14.6. The Kier molecular flexibility index (Phi) is 7.23. The van der Waals surface area contributed by atoms with Gasteiger partial charge in [0.05, 0.1) is 9.80 Å². The first kappa shape index (κ1) is 22.4. The minimum atomic E-state index is -3.48. The molecule has 0 amide bonds. The van der Waals surface area contributed by atoms with Gasteiger partial charge in [-0.05, 0) is 60.5 Å². The first-order chi connectivity index (χ1) is 14.3. The van der Waals surface area contributed by atoms with Gasteiger partial charge in [0.15, 0.2) is 0 Å². The third-order valence-corrected chi connectivity index (χ3v) is 7.03. The first-order valence-electron chi connectivity index (χ1n) is 10.4. The fraction of sp³-hybridized carbons (Fsp3) is 0.455. The number of fused-ring (bicyclic) bond motifs is 1. The first-order valence-corrected chi connectivity index (χ1v) is 11.8. The number of hydrogen-bond donors (Lipinski definition) is 2. The summed E-state index contributed by atoms with van der Waals surface area (Å²) in [5.41, 5.74) is 3.62. The molecule has 1 aliphatic rings. The van der Waals surface area contributed by atoms with Crippen molar-refractivity contribution in [3.8, 4) is 0 Å². The molecule has 0 fully saturated rings. The van der Waals surface area contributed by atoms with E-state index in [2.05, 4.69) is 23.5 Å². The monoisotopic (exact) mass is 432 g/mol. The Hall–Kier alpha value is -2.29. The summed E-state index contributed by atoms with van der Waals surface area (Å²) in [4.78, 5) is 13.6. The number of nitrogens with one attached hydrogen (secondary N) is 1. The predicted molar refractivity (Wildman–Crippen MR) is 115 cm³/mol. The fourth-order valence-electron chi connectivity index (χ4n) is 3.69. The van der Waals surface area contributed by atoms with Crippen molar-refractivity contribution in [3.63, 3.8) is 0 Å². The molecule has 0 unspecified atom stereocenters. The second kappa shape index (κ2) is 9.68. The van der Waals surface area contributed by atoms with Crippen LogP contribution in [-0.4, -0.2) is 43.1 Å². The van der Waals surface area contributed by atoms with Gasteiger partial charge in [0, 0.05) is 31.8 Å². The van der Waals surface area contributed by atoms with Crippen molar-refractivity contribution in [3.05, 3.63) is 64.1 Å². The predicted octanol–water partition coefficient (Wildman–Crippen LogP) is 3.73. The van der Waals surface area contributed by atoms with E-state index in [1.54, 1.807) is 24.3 Å². The highest BCUT2D eigenvalue weighted by atomic mass is 32.2. The van der Waals surface area contributed by atoms with E-state index in [-0.39, 0.29) is 10.6 Å². The average Bonchev–Trinajstić information content (AvgIpc) is 2.72. The molecular weight excluding hydrogens is 402 g/mol. The molecule has 2 aromatic rings. The summed E-state index contributed by atoms with van der Waals surface area (Å²) in [7, 11) is -3.48. The number of sulfonamides is 1. The molecule has 0 saturated carbocycles.